The number of hydrogen-bond donors (Lipinski definition) is 5. The molecule has 7 heteroatoms. The zero-order valence-electron chi connectivity index (χ0n) is 23.3. The number of carbonyl (C=O) groups is 1. The minimum absolute atomic E-state index is 0.0421. The number of aliphatic hydroxyl groups excluding tert-OH is 1. The zero-order chi connectivity index (χ0) is 29.0. The van der Waals surface area contributed by atoms with Gasteiger partial charge in [0, 0.05) is 35.6 Å². The molecule has 41 heavy (non-hydrogen) atoms. The number of H-pyrrole nitrogens is 1. The molecule has 1 heterocycles. The number of aromatic nitrogens is 1. The lowest BCUT2D eigenvalue weighted by Crippen LogP contribution is -2.43. The van der Waals surface area contributed by atoms with Gasteiger partial charge in [-0.1, -0.05) is 60.7 Å². The van der Waals surface area contributed by atoms with E-state index in [0.29, 0.717) is 35.0 Å². The summed E-state index contributed by atoms with van der Waals surface area (Å²) in [4.78, 5) is 27.2. The number of aromatic hydroxyl groups is 1. The smallest absolute Gasteiger partial charge is 0.251 e. The number of pyridine rings is 1. The van der Waals surface area contributed by atoms with Crippen LogP contribution >= 0.6 is 0 Å². The molecule has 5 rings (SSSR count). The molecule has 0 saturated carbocycles. The minimum atomic E-state index is -0.858. The van der Waals surface area contributed by atoms with Crippen molar-refractivity contribution < 1.29 is 15.0 Å². The summed E-state index contributed by atoms with van der Waals surface area (Å²) in [7, 11) is 0. The van der Waals surface area contributed by atoms with Crippen molar-refractivity contribution in [3.05, 3.63) is 124 Å². The van der Waals surface area contributed by atoms with E-state index in [0.717, 1.165) is 12.0 Å². The standard InChI is InChI=1S/C34H35N3O4/c1-34(2,36-21-30(39)27-12-14-29(38)32-28(27)13-15-31(40)37-32)20-23-6-5-9-26(19-23)33(41)35-17-16-22-10-11-24-7-3-4-8-25(24)18-22/h3-15,18-19,30,36,38-39H,16-17,20-21H2,1-2H3,(H,35,41)(H,37,40)/t30-/m1/s1. The summed E-state index contributed by atoms with van der Waals surface area (Å²) >= 11 is 0. The molecular formula is C34H35N3O4. The zero-order valence-corrected chi connectivity index (χ0v) is 23.3. The van der Waals surface area contributed by atoms with E-state index >= 15 is 0 Å². The van der Waals surface area contributed by atoms with Gasteiger partial charge in [0.05, 0.1) is 11.6 Å². The predicted octanol–water partition coefficient (Wildman–Crippen LogP) is 5.00. The van der Waals surface area contributed by atoms with Gasteiger partial charge in [0.25, 0.3) is 5.91 Å². The van der Waals surface area contributed by atoms with Crippen molar-refractivity contribution in [2.75, 3.05) is 13.1 Å². The van der Waals surface area contributed by atoms with Gasteiger partial charge in [0.1, 0.15) is 5.75 Å². The van der Waals surface area contributed by atoms with Crippen molar-refractivity contribution in [3.63, 3.8) is 0 Å². The van der Waals surface area contributed by atoms with E-state index in [9.17, 15) is 19.8 Å². The third kappa shape index (κ3) is 6.82. The van der Waals surface area contributed by atoms with Crippen LogP contribution in [0.25, 0.3) is 21.7 Å². The number of phenolic OH excluding ortho intramolecular Hbond substituents is 1. The van der Waals surface area contributed by atoms with Gasteiger partial charge in [0.15, 0.2) is 0 Å². The monoisotopic (exact) mass is 549 g/mol. The van der Waals surface area contributed by atoms with Gasteiger partial charge in [-0.3, -0.25) is 9.59 Å². The van der Waals surface area contributed by atoms with Crippen molar-refractivity contribution in [1.82, 2.24) is 15.6 Å². The van der Waals surface area contributed by atoms with Gasteiger partial charge in [-0.25, -0.2) is 0 Å². The molecule has 1 atom stereocenters. The number of benzene rings is 4. The highest BCUT2D eigenvalue weighted by Crippen LogP contribution is 2.29. The number of carbonyl (C=O) groups excluding carboxylic acids is 1. The van der Waals surface area contributed by atoms with Crippen molar-refractivity contribution >= 4 is 27.6 Å². The molecule has 0 spiro atoms. The van der Waals surface area contributed by atoms with Crippen LogP contribution in [-0.2, 0) is 12.8 Å². The molecular weight excluding hydrogens is 514 g/mol. The first-order chi connectivity index (χ1) is 19.7. The molecule has 1 amide bonds. The average Bonchev–Trinajstić information content (AvgIpc) is 2.96. The van der Waals surface area contributed by atoms with Gasteiger partial charge in [-0.2, -0.15) is 0 Å². The van der Waals surface area contributed by atoms with E-state index < -0.39 is 6.10 Å². The maximum atomic E-state index is 12.9. The normalized spacial score (nSPS) is 12.5. The third-order valence-corrected chi connectivity index (χ3v) is 7.39. The van der Waals surface area contributed by atoms with Crippen molar-refractivity contribution in [2.45, 2.75) is 38.3 Å². The van der Waals surface area contributed by atoms with Gasteiger partial charge in [0.2, 0.25) is 5.56 Å². The molecule has 0 radical (unpaired) electrons. The Balaban J connectivity index is 1.17. The van der Waals surface area contributed by atoms with Crippen molar-refractivity contribution in [2.24, 2.45) is 0 Å². The lowest BCUT2D eigenvalue weighted by molar-refractivity contribution is 0.0954. The second-order valence-electron chi connectivity index (χ2n) is 11.1. The van der Waals surface area contributed by atoms with E-state index in [1.54, 1.807) is 12.1 Å². The molecule has 7 nitrogen and oxygen atoms in total. The summed E-state index contributed by atoms with van der Waals surface area (Å²) in [6.07, 6.45) is 0.534. The van der Waals surface area contributed by atoms with Crippen LogP contribution < -0.4 is 16.2 Å². The van der Waals surface area contributed by atoms with E-state index in [4.69, 9.17) is 0 Å². The summed E-state index contributed by atoms with van der Waals surface area (Å²) in [5, 5.41) is 30.5. The average molecular weight is 550 g/mol. The molecule has 0 aliphatic rings. The second-order valence-corrected chi connectivity index (χ2v) is 11.1. The Morgan fingerprint density at radius 2 is 1.71 bits per heavy atom. The Bertz CT molecular complexity index is 1760. The molecule has 0 aliphatic carbocycles. The Labute approximate surface area is 238 Å². The number of amides is 1. The van der Waals surface area contributed by atoms with Crippen LogP contribution in [0.15, 0.2) is 95.8 Å². The molecule has 0 bridgehead atoms. The molecule has 5 aromatic rings. The predicted molar refractivity (Wildman–Crippen MR) is 163 cm³/mol. The first kappa shape index (κ1) is 28.1. The third-order valence-electron chi connectivity index (χ3n) is 7.39. The summed E-state index contributed by atoms with van der Waals surface area (Å²) in [6.45, 7) is 4.90. The van der Waals surface area contributed by atoms with E-state index in [2.05, 4.69) is 45.9 Å². The summed E-state index contributed by atoms with van der Waals surface area (Å²) in [5.41, 5.74) is 3.02. The largest absolute Gasteiger partial charge is 0.506 e. The molecule has 0 unspecified atom stereocenters. The van der Waals surface area contributed by atoms with Crippen molar-refractivity contribution in [3.8, 4) is 5.75 Å². The Morgan fingerprint density at radius 3 is 2.54 bits per heavy atom. The van der Waals surface area contributed by atoms with Crippen LogP contribution in [0.4, 0.5) is 0 Å². The van der Waals surface area contributed by atoms with Crippen LogP contribution in [-0.4, -0.2) is 39.7 Å². The number of aliphatic hydroxyl groups is 1. The molecule has 0 aliphatic heterocycles. The lowest BCUT2D eigenvalue weighted by Gasteiger charge is -2.28. The number of rotatable bonds is 10. The molecule has 0 saturated heterocycles. The first-order valence-corrected chi connectivity index (χ1v) is 13.8. The summed E-state index contributed by atoms with van der Waals surface area (Å²) in [6, 6.07) is 28.4. The maximum absolute atomic E-state index is 12.9. The van der Waals surface area contributed by atoms with E-state index in [1.807, 2.05) is 50.2 Å². The fourth-order valence-corrected chi connectivity index (χ4v) is 5.24. The highest BCUT2D eigenvalue weighted by atomic mass is 16.3. The highest BCUT2D eigenvalue weighted by Gasteiger charge is 2.22. The number of fused-ring (bicyclic) bond motifs is 2. The van der Waals surface area contributed by atoms with Gasteiger partial charge < -0.3 is 25.8 Å². The molecule has 0 fully saturated rings. The fourth-order valence-electron chi connectivity index (χ4n) is 5.24. The summed E-state index contributed by atoms with van der Waals surface area (Å²) < 4.78 is 0. The Morgan fingerprint density at radius 1 is 0.902 bits per heavy atom. The van der Waals surface area contributed by atoms with Crippen LogP contribution in [0.3, 0.4) is 0 Å². The molecule has 210 valence electrons. The second kappa shape index (κ2) is 12.0. The molecule has 5 N–H and O–H groups in total. The SMILES string of the molecule is CC(C)(Cc1cccc(C(=O)NCCc2ccc3ccccc3c2)c1)NC[C@@H](O)c1ccc(O)c2[nH]c(=O)ccc12. The number of aromatic amines is 1. The number of hydrogen-bond acceptors (Lipinski definition) is 5. The number of nitrogens with one attached hydrogen (secondary N) is 3. The Hall–Kier alpha value is -4.46. The molecule has 4 aromatic carbocycles. The maximum Gasteiger partial charge on any atom is 0.251 e. The van der Waals surface area contributed by atoms with Gasteiger partial charge in [-0.05, 0) is 78.4 Å². The quantitative estimate of drug-likeness (QED) is 0.168. The van der Waals surface area contributed by atoms with Crippen LogP contribution in [0, 0.1) is 0 Å². The molecule has 1 aromatic heterocycles. The van der Waals surface area contributed by atoms with Crippen LogP contribution in [0.5, 0.6) is 5.75 Å². The first-order valence-electron chi connectivity index (χ1n) is 13.8. The number of phenols is 1. The van der Waals surface area contributed by atoms with Gasteiger partial charge >= 0.3 is 0 Å². The van der Waals surface area contributed by atoms with Gasteiger partial charge in [-0.15, -0.1) is 0 Å². The van der Waals surface area contributed by atoms with E-state index in [-0.39, 0.29) is 29.3 Å². The van der Waals surface area contributed by atoms with E-state index in [1.165, 1.54) is 28.5 Å². The summed E-state index contributed by atoms with van der Waals surface area (Å²) in [5.74, 6) is -0.148. The number of β-amino-alcohol motifs (C(OH)–C–C–N with tert-alkyl or cyclic N) is 1. The van der Waals surface area contributed by atoms with Crippen molar-refractivity contribution in [1.29, 1.82) is 0 Å². The van der Waals surface area contributed by atoms with Crippen LogP contribution in [0.2, 0.25) is 0 Å². The highest BCUT2D eigenvalue weighted by molar-refractivity contribution is 5.94. The fraction of sp³-hybridized carbons (Fsp3) is 0.235. The Kier molecular flexibility index (Phi) is 8.19. The lowest BCUT2D eigenvalue weighted by atomic mass is 9.93. The van der Waals surface area contributed by atoms with Crippen LogP contribution in [0.1, 0.15) is 47.0 Å². The topological polar surface area (TPSA) is 114 Å². The minimum Gasteiger partial charge on any atom is -0.506 e.